The minimum atomic E-state index is -1.01. The standard InChI is InChI=1S/C10H7ClN2O2/c11-7-3-1-6(2-4-7)9-8(10(14)15)5-12-13-9/h1-5H,(H,12,13)(H,14,15). The van der Waals surface area contributed by atoms with Crippen molar-refractivity contribution < 1.29 is 9.90 Å². The number of benzene rings is 1. The van der Waals surface area contributed by atoms with Gasteiger partial charge in [-0.2, -0.15) is 5.10 Å². The number of rotatable bonds is 2. The molecule has 0 aliphatic rings. The normalized spacial score (nSPS) is 10.2. The van der Waals surface area contributed by atoms with E-state index in [0.717, 1.165) is 5.56 Å². The molecule has 2 aromatic rings. The fourth-order valence-electron chi connectivity index (χ4n) is 1.28. The van der Waals surface area contributed by atoms with Crippen molar-refractivity contribution in [3.05, 3.63) is 41.0 Å². The Kier molecular flexibility index (Phi) is 2.43. The largest absolute Gasteiger partial charge is 0.478 e. The van der Waals surface area contributed by atoms with Crippen molar-refractivity contribution in [2.24, 2.45) is 0 Å². The van der Waals surface area contributed by atoms with Crippen molar-refractivity contribution in [1.29, 1.82) is 0 Å². The Morgan fingerprint density at radius 1 is 1.33 bits per heavy atom. The van der Waals surface area contributed by atoms with E-state index >= 15 is 0 Å². The maximum atomic E-state index is 10.8. The highest BCUT2D eigenvalue weighted by Gasteiger charge is 2.13. The molecule has 0 bridgehead atoms. The summed E-state index contributed by atoms with van der Waals surface area (Å²) >= 11 is 5.73. The summed E-state index contributed by atoms with van der Waals surface area (Å²) < 4.78 is 0. The summed E-state index contributed by atoms with van der Waals surface area (Å²) in [5.74, 6) is -1.01. The van der Waals surface area contributed by atoms with Gasteiger partial charge >= 0.3 is 5.97 Å². The van der Waals surface area contributed by atoms with E-state index in [0.29, 0.717) is 10.7 Å². The zero-order valence-corrected chi connectivity index (χ0v) is 8.32. The van der Waals surface area contributed by atoms with E-state index in [2.05, 4.69) is 10.2 Å². The van der Waals surface area contributed by atoms with Crippen molar-refractivity contribution in [2.75, 3.05) is 0 Å². The first-order valence-corrected chi connectivity index (χ1v) is 4.59. The van der Waals surface area contributed by atoms with Gasteiger partial charge in [-0.25, -0.2) is 4.79 Å². The van der Waals surface area contributed by atoms with Crippen molar-refractivity contribution in [1.82, 2.24) is 10.2 Å². The summed E-state index contributed by atoms with van der Waals surface area (Å²) in [6.07, 6.45) is 1.28. The zero-order valence-electron chi connectivity index (χ0n) is 7.57. The number of carbonyl (C=O) groups is 1. The highest BCUT2D eigenvalue weighted by atomic mass is 35.5. The molecule has 2 N–H and O–H groups in total. The number of halogens is 1. The third-order valence-corrected chi connectivity index (χ3v) is 2.25. The number of aromatic carboxylic acids is 1. The van der Waals surface area contributed by atoms with Gasteiger partial charge in [0.2, 0.25) is 0 Å². The molecular formula is C10H7ClN2O2. The number of H-pyrrole nitrogens is 1. The minimum absolute atomic E-state index is 0.150. The summed E-state index contributed by atoms with van der Waals surface area (Å²) in [5.41, 5.74) is 1.38. The summed E-state index contributed by atoms with van der Waals surface area (Å²) in [5, 5.41) is 15.8. The molecule has 1 aromatic carbocycles. The number of hydrogen-bond donors (Lipinski definition) is 2. The van der Waals surface area contributed by atoms with E-state index in [4.69, 9.17) is 16.7 Å². The lowest BCUT2D eigenvalue weighted by molar-refractivity contribution is 0.0698. The lowest BCUT2D eigenvalue weighted by Crippen LogP contribution is -1.96. The Balaban J connectivity index is 2.49. The molecule has 15 heavy (non-hydrogen) atoms. The van der Waals surface area contributed by atoms with Gasteiger partial charge in [0, 0.05) is 10.6 Å². The first-order chi connectivity index (χ1) is 7.18. The van der Waals surface area contributed by atoms with Gasteiger partial charge < -0.3 is 5.11 Å². The van der Waals surface area contributed by atoms with E-state index in [9.17, 15) is 4.79 Å². The highest BCUT2D eigenvalue weighted by molar-refractivity contribution is 6.30. The number of hydrogen-bond acceptors (Lipinski definition) is 2. The number of nitrogens with zero attached hydrogens (tertiary/aromatic N) is 1. The number of carboxylic acid groups (broad SMARTS) is 1. The second-order valence-corrected chi connectivity index (χ2v) is 3.41. The topological polar surface area (TPSA) is 66.0 Å². The van der Waals surface area contributed by atoms with Crippen molar-refractivity contribution in [2.45, 2.75) is 0 Å². The van der Waals surface area contributed by atoms with E-state index < -0.39 is 5.97 Å². The third kappa shape index (κ3) is 1.85. The van der Waals surface area contributed by atoms with E-state index in [1.807, 2.05) is 0 Å². The third-order valence-electron chi connectivity index (χ3n) is 2.00. The predicted molar refractivity (Wildman–Crippen MR) is 56.0 cm³/mol. The average molecular weight is 223 g/mol. The molecule has 0 unspecified atom stereocenters. The molecule has 5 heteroatoms. The summed E-state index contributed by atoms with van der Waals surface area (Å²) in [6, 6.07) is 6.87. The lowest BCUT2D eigenvalue weighted by Gasteiger charge is -1.99. The molecule has 0 atom stereocenters. The van der Waals surface area contributed by atoms with Crippen LogP contribution in [0.15, 0.2) is 30.5 Å². The Hall–Kier alpha value is -1.81. The van der Waals surface area contributed by atoms with Crippen LogP contribution in [-0.4, -0.2) is 21.3 Å². The van der Waals surface area contributed by atoms with E-state index in [1.165, 1.54) is 6.20 Å². The molecule has 0 aliphatic carbocycles. The SMILES string of the molecule is O=C(O)c1cn[nH]c1-c1ccc(Cl)cc1. The van der Waals surface area contributed by atoms with Crippen LogP contribution in [0.5, 0.6) is 0 Å². The number of carboxylic acids is 1. The summed E-state index contributed by atoms with van der Waals surface area (Å²) in [6.45, 7) is 0. The second-order valence-electron chi connectivity index (χ2n) is 2.97. The Labute approximate surface area is 90.5 Å². The van der Waals surface area contributed by atoms with Gasteiger partial charge in [0.05, 0.1) is 11.9 Å². The molecule has 0 spiro atoms. The maximum absolute atomic E-state index is 10.8. The number of nitrogens with one attached hydrogen (secondary N) is 1. The first kappa shape index (κ1) is 9.73. The van der Waals surface area contributed by atoms with Crippen LogP contribution in [0, 0.1) is 0 Å². The van der Waals surface area contributed by atoms with Crippen molar-refractivity contribution >= 4 is 17.6 Å². The predicted octanol–water partition coefficient (Wildman–Crippen LogP) is 2.43. The van der Waals surface area contributed by atoms with Crippen LogP contribution in [0.25, 0.3) is 11.3 Å². The molecule has 1 aromatic heterocycles. The average Bonchev–Trinajstić information content (AvgIpc) is 2.67. The smallest absolute Gasteiger partial charge is 0.339 e. The highest BCUT2D eigenvalue weighted by Crippen LogP contribution is 2.22. The molecule has 0 aliphatic heterocycles. The fourth-order valence-corrected chi connectivity index (χ4v) is 1.41. The van der Waals surface area contributed by atoms with Crippen molar-refractivity contribution in [3.63, 3.8) is 0 Å². The molecule has 0 saturated heterocycles. The lowest BCUT2D eigenvalue weighted by atomic mass is 10.1. The van der Waals surface area contributed by atoms with Crippen LogP contribution in [0.1, 0.15) is 10.4 Å². The molecular weight excluding hydrogens is 216 g/mol. The second kappa shape index (κ2) is 3.74. The van der Waals surface area contributed by atoms with E-state index in [-0.39, 0.29) is 5.56 Å². The van der Waals surface area contributed by atoms with Gasteiger partial charge in [0.15, 0.2) is 0 Å². The van der Waals surface area contributed by atoms with Gasteiger partial charge in [0.25, 0.3) is 0 Å². The van der Waals surface area contributed by atoms with Crippen LogP contribution in [0.2, 0.25) is 5.02 Å². The molecule has 1 heterocycles. The molecule has 76 valence electrons. The zero-order chi connectivity index (χ0) is 10.8. The number of aromatic nitrogens is 2. The van der Waals surface area contributed by atoms with Gasteiger partial charge in [-0.3, -0.25) is 5.10 Å². The molecule has 0 fully saturated rings. The van der Waals surface area contributed by atoms with Crippen LogP contribution >= 0.6 is 11.6 Å². The number of aromatic amines is 1. The van der Waals surface area contributed by atoms with Crippen LogP contribution < -0.4 is 0 Å². The molecule has 0 amide bonds. The van der Waals surface area contributed by atoms with Crippen LogP contribution in [-0.2, 0) is 0 Å². The van der Waals surface area contributed by atoms with E-state index in [1.54, 1.807) is 24.3 Å². The van der Waals surface area contributed by atoms with Crippen molar-refractivity contribution in [3.8, 4) is 11.3 Å². The summed E-state index contributed by atoms with van der Waals surface area (Å²) in [4.78, 5) is 10.8. The molecule has 0 saturated carbocycles. The Morgan fingerprint density at radius 2 is 2.00 bits per heavy atom. The molecule has 0 radical (unpaired) electrons. The fraction of sp³-hybridized carbons (Fsp3) is 0. The van der Waals surface area contributed by atoms with Crippen LogP contribution in [0.3, 0.4) is 0 Å². The molecule has 2 rings (SSSR count). The monoisotopic (exact) mass is 222 g/mol. The quantitative estimate of drug-likeness (QED) is 0.820. The van der Waals surface area contributed by atoms with Crippen LogP contribution in [0.4, 0.5) is 0 Å². The molecule has 4 nitrogen and oxygen atoms in total. The Morgan fingerprint density at radius 3 is 2.60 bits per heavy atom. The first-order valence-electron chi connectivity index (χ1n) is 4.21. The van der Waals surface area contributed by atoms with Gasteiger partial charge in [-0.15, -0.1) is 0 Å². The van der Waals surface area contributed by atoms with Gasteiger partial charge in [-0.05, 0) is 12.1 Å². The summed E-state index contributed by atoms with van der Waals surface area (Å²) in [7, 11) is 0. The van der Waals surface area contributed by atoms with Gasteiger partial charge in [0.1, 0.15) is 5.56 Å². The maximum Gasteiger partial charge on any atom is 0.339 e. The Bertz CT molecular complexity index is 490. The minimum Gasteiger partial charge on any atom is -0.478 e. The van der Waals surface area contributed by atoms with Gasteiger partial charge in [-0.1, -0.05) is 23.7 Å².